The number of aromatic nitrogens is 2. The summed E-state index contributed by atoms with van der Waals surface area (Å²) in [5, 5.41) is 9.94. The zero-order valence-corrected chi connectivity index (χ0v) is 14.1. The van der Waals surface area contributed by atoms with Gasteiger partial charge in [0.25, 0.3) is 0 Å². The van der Waals surface area contributed by atoms with Crippen molar-refractivity contribution in [2.45, 2.75) is 31.7 Å². The summed E-state index contributed by atoms with van der Waals surface area (Å²) >= 11 is 0. The molecule has 1 aromatic rings. The Morgan fingerprint density at radius 3 is 2.75 bits per heavy atom. The van der Waals surface area contributed by atoms with Gasteiger partial charge in [0.2, 0.25) is 0 Å². The molecule has 0 amide bonds. The van der Waals surface area contributed by atoms with Gasteiger partial charge in [0.05, 0.1) is 6.20 Å². The third-order valence-corrected chi connectivity index (χ3v) is 3.21. The van der Waals surface area contributed by atoms with Crippen LogP contribution >= 0.6 is 24.0 Å². The molecule has 0 aliphatic heterocycles. The van der Waals surface area contributed by atoms with Crippen molar-refractivity contribution in [1.29, 1.82) is 0 Å². The molecule has 1 saturated carbocycles. The van der Waals surface area contributed by atoms with Gasteiger partial charge in [-0.25, -0.2) is 4.98 Å². The molecule has 0 spiro atoms. The molecule has 0 atom stereocenters. The molecule has 0 unspecified atom stereocenters. The van der Waals surface area contributed by atoms with Crippen LogP contribution in [0, 0.1) is 0 Å². The van der Waals surface area contributed by atoms with Gasteiger partial charge in [-0.2, -0.15) is 0 Å². The smallest absolute Gasteiger partial charge is 0.191 e. The fraction of sp³-hybridized carbons (Fsp3) is 0.615. The number of anilines is 1. The van der Waals surface area contributed by atoms with Gasteiger partial charge in [0, 0.05) is 38.6 Å². The van der Waals surface area contributed by atoms with E-state index in [0.717, 1.165) is 24.9 Å². The van der Waals surface area contributed by atoms with Crippen LogP contribution in [0.5, 0.6) is 0 Å². The van der Waals surface area contributed by atoms with Gasteiger partial charge >= 0.3 is 0 Å². The summed E-state index contributed by atoms with van der Waals surface area (Å²) in [6.07, 6.45) is 10.2. The maximum absolute atomic E-state index is 4.23. The Hall–Kier alpha value is -1.12. The van der Waals surface area contributed by atoms with Crippen LogP contribution < -0.4 is 16.0 Å². The predicted octanol–water partition coefficient (Wildman–Crippen LogP) is 1.61. The SMILES string of the molecule is CN=C(NCCNc1cnccn1)NC1CCCC1.I. The Morgan fingerprint density at radius 2 is 2.10 bits per heavy atom. The van der Waals surface area contributed by atoms with E-state index in [1.54, 1.807) is 25.6 Å². The Balaban J connectivity index is 0.00000200. The fourth-order valence-corrected chi connectivity index (χ4v) is 2.22. The van der Waals surface area contributed by atoms with E-state index in [1.807, 2.05) is 0 Å². The van der Waals surface area contributed by atoms with Gasteiger partial charge in [0.15, 0.2) is 5.96 Å². The van der Waals surface area contributed by atoms with Crippen molar-refractivity contribution in [2.75, 3.05) is 25.5 Å². The van der Waals surface area contributed by atoms with Crippen LogP contribution in [0.15, 0.2) is 23.6 Å². The van der Waals surface area contributed by atoms with Crippen molar-refractivity contribution in [3.63, 3.8) is 0 Å². The second-order valence-corrected chi connectivity index (χ2v) is 4.64. The number of nitrogens with zero attached hydrogens (tertiary/aromatic N) is 3. The summed E-state index contributed by atoms with van der Waals surface area (Å²) in [5.41, 5.74) is 0. The van der Waals surface area contributed by atoms with E-state index in [9.17, 15) is 0 Å². The first kappa shape index (κ1) is 16.9. The lowest BCUT2D eigenvalue weighted by Gasteiger charge is -2.16. The quantitative estimate of drug-likeness (QED) is 0.308. The van der Waals surface area contributed by atoms with Crippen LogP contribution in [0.4, 0.5) is 5.82 Å². The Morgan fingerprint density at radius 1 is 1.30 bits per heavy atom. The monoisotopic (exact) mass is 390 g/mol. The number of hydrogen-bond donors (Lipinski definition) is 3. The molecule has 0 bridgehead atoms. The minimum Gasteiger partial charge on any atom is -0.367 e. The second kappa shape index (κ2) is 9.73. The Bertz CT molecular complexity index is 391. The third-order valence-electron chi connectivity index (χ3n) is 3.21. The first-order valence-corrected chi connectivity index (χ1v) is 6.85. The van der Waals surface area contributed by atoms with Crippen LogP contribution in [-0.4, -0.2) is 42.1 Å². The fourth-order valence-electron chi connectivity index (χ4n) is 2.22. The summed E-state index contributed by atoms with van der Waals surface area (Å²) < 4.78 is 0. The highest BCUT2D eigenvalue weighted by Crippen LogP contribution is 2.17. The Labute approximate surface area is 137 Å². The van der Waals surface area contributed by atoms with E-state index in [2.05, 4.69) is 30.9 Å². The van der Waals surface area contributed by atoms with Crippen LogP contribution in [0.25, 0.3) is 0 Å². The Kier molecular flexibility index (Phi) is 8.24. The molecule has 1 aliphatic carbocycles. The van der Waals surface area contributed by atoms with Crippen LogP contribution in [-0.2, 0) is 0 Å². The van der Waals surface area contributed by atoms with E-state index in [4.69, 9.17) is 0 Å². The topological polar surface area (TPSA) is 74.2 Å². The summed E-state index contributed by atoms with van der Waals surface area (Å²) in [4.78, 5) is 12.4. The minimum absolute atomic E-state index is 0. The van der Waals surface area contributed by atoms with Crippen LogP contribution in [0.1, 0.15) is 25.7 Å². The lowest BCUT2D eigenvalue weighted by Crippen LogP contribution is -2.43. The average Bonchev–Trinajstić information content (AvgIpc) is 2.96. The second-order valence-electron chi connectivity index (χ2n) is 4.64. The van der Waals surface area contributed by atoms with Gasteiger partial charge in [0.1, 0.15) is 5.82 Å². The zero-order valence-electron chi connectivity index (χ0n) is 11.8. The van der Waals surface area contributed by atoms with Crippen molar-refractivity contribution in [2.24, 2.45) is 4.99 Å². The van der Waals surface area contributed by atoms with Crippen molar-refractivity contribution in [1.82, 2.24) is 20.6 Å². The average molecular weight is 390 g/mol. The molecule has 0 radical (unpaired) electrons. The first-order valence-electron chi connectivity index (χ1n) is 6.85. The van der Waals surface area contributed by atoms with E-state index >= 15 is 0 Å². The van der Waals surface area contributed by atoms with Crippen LogP contribution in [0.3, 0.4) is 0 Å². The normalized spacial score (nSPS) is 15.6. The molecule has 6 nitrogen and oxygen atoms in total. The summed E-state index contributed by atoms with van der Waals surface area (Å²) in [6, 6.07) is 0.583. The standard InChI is InChI=1S/C13H22N6.HI/c1-14-13(19-11-4-2-3-5-11)18-9-8-17-12-10-15-6-7-16-12;/h6-7,10-11H,2-5,8-9H2,1H3,(H,16,17)(H2,14,18,19);1H. The van der Waals surface area contributed by atoms with Crippen molar-refractivity contribution in [3.8, 4) is 0 Å². The zero-order chi connectivity index (χ0) is 13.3. The highest BCUT2D eigenvalue weighted by Gasteiger charge is 2.15. The van der Waals surface area contributed by atoms with E-state index in [1.165, 1.54) is 25.7 Å². The molecule has 0 saturated heterocycles. The molecule has 1 aromatic heterocycles. The molecule has 1 fully saturated rings. The molecule has 7 heteroatoms. The molecule has 1 heterocycles. The predicted molar refractivity (Wildman–Crippen MR) is 92.7 cm³/mol. The molecule has 0 aromatic carbocycles. The van der Waals surface area contributed by atoms with Crippen molar-refractivity contribution < 1.29 is 0 Å². The number of aliphatic imine (C=N–C) groups is 1. The molecule has 1 aliphatic rings. The summed E-state index contributed by atoms with van der Waals surface area (Å²) in [6.45, 7) is 1.58. The lowest BCUT2D eigenvalue weighted by molar-refractivity contribution is 0.615. The van der Waals surface area contributed by atoms with E-state index in [0.29, 0.717) is 6.04 Å². The first-order chi connectivity index (χ1) is 9.38. The highest BCUT2D eigenvalue weighted by molar-refractivity contribution is 14.0. The number of rotatable bonds is 5. The van der Waals surface area contributed by atoms with E-state index < -0.39 is 0 Å². The third kappa shape index (κ3) is 5.89. The maximum Gasteiger partial charge on any atom is 0.191 e. The van der Waals surface area contributed by atoms with Crippen molar-refractivity contribution >= 4 is 35.8 Å². The van der Waals surface area contributed by atoms with Gasteiger partial charge in [-0.1, -0.05) is 12.8 Å². The van der Waals surface area contributed by atoms with Gasteiger partial charge in [-0.05, 0) is 12.8 Å². The number of hydrogen-bond acceptors (Lipinski definition) is 4. The highest BCUT2D eigenvalue weighted by atomic mass is 127. The molecular weight excluding hydrogens is 367 g/mol. The van der Waals surface area contributed by atoms with Gasteiger partial charge in [-0.3, -0.25) is 9.98 Å². The summed E-state index contributed by atoms with van der Waals surface area (Å²) in [5.74, 6) is 1.68. The molecule has 2 rings (SSSR count). The summed E-state index contributed by atoms with van der Waals surface area (Å²) in [7, 11) is 1.81. The van der Waals surface area contributed by atoms with Gasteiger partial charge < -0.3 is 16.0 Å². The number of guanidine groups is 1. The van der Waals surface area contributed by atoms with E-state index in [-0.39, 0.29) is 24.0 Å². The minimum atomic E-state index is 0. The maximum atomic E-state index is 4.23. The largest absolute Gasteiger partial charge is 0.367 e. The number of nitrogens with one attached hydrogen (secondary N) is 3. The lowest BCUT2D eigenvalue weighted by atomic mass is 10.2. The van der Waals surface area contributed by atoms with Crippen molar-refractivity contribution in [3.05, 3.63) is 18.6 Å². The number of halogens is 1. The van der Waals surface area contributed by atoms with Gasteiger partial charge in [-0.15, -0.1) is 24.0 Å². The molecule has 3 N–H and O–H groups in total. The molecule has 112 valence electrons. The molecular formula is C13H23IN6. The van der Waals surface area contributed by atoms with Crippen LogP contribution in [0.2, 0.25) is 0 Å². The molecule has 20 heavy (non-hydrogen) atoms.